The van der Waals surface area contributed by atoms with E-state index in [2.05, 4.69) is 52.3 Å². The fraction of sp³-hybridized carbons (Fsp3) is 0.577. The lowest BCUT2D eigenvalue weighted by Crippen LogP contribution is -2.40. The number of piperidine rings is 2. The molecule has 4 rings (SSSR count). The maximum Gasteiger partial charge on any atom is 0.130 e. The van der Waals surface area contributed by atoms with Gasteiger partial charge < -0.3 is 14.6 Å². The van der Waals surface area contributed by atoms with Gasteiger partial charge in [-0.2, -0.15) is 0 Å². The second-order valence-electron chi connectivity index (χ2n) is 9.11. The van der Waals surface area contributed by atoms with Crippen molar-refractivity contribution in [2.45, 2.75) is 56.8 Å². The first kappa shape index (κ1) is 20.6. The van der Waals surface area contributed by atoms with Crippen molar-refractivity contribution in [2.24, 2.45) is 0 Å². The predicted molar refractivity (Wildman–Crippen MR) is 122 cm³/mol. The Morgan fingerprint density at radius 3 is 1.86 bits per heavy atom. The van der Waals surface area contributed by atoms with Gasteiger partial charge in [0, 0.05) is 0 Å². The SMILES string of the molecule is O=CC(CCN1CCCCC1)(CCN1CCCCC1)c1cccc2ccccc12. The van der Waals surface area contributed by atoms with Gasteiger partial charge in [-0.15, -0.1) is 0 Å². The highest BCUT2D eigenvalue weighted by Gasteiger charge is 2.34. The first-order valence-electron chi connectivity index (χ1n) is 11.7. The van der Waals surface area contributed by atoms with Crippen molar-refractivity contribution in [3.63, 3.8) is 0 Å². The molecule has 2 aromatic carbocycles. The molecule has 2 fully saturated rings. The Balaban J connectivity index is 1.61. The maximum atomic E-state index is 12.8. The average Bonchev–Trinajstić information content (AvgIpc) is 2.81. The minimum Gasteiger partial charge on any atom is -0.303 e. The molecule has 2 aliphatic heterocycles. The van der Waals surface area contributed by atoms with Gasteiger partial charge in [0.05, 0.1) is 5.41 Å². The van der Waals surface area contributed by atoms with Crippen LogP contribution in [-0.2, 0) is 10.2 Å². The second kappa shape index (κ2) is 9.86. The number of nitrogens with zero attached hydrogens (tertiary/aromatic N) is 2. The highest BCUT2D eigenvalue weighted by molar-refractivity contribution is 5.90. The summed E-state index contributed by atoms with van der Waals surface area (Å²) in [5.41, 5.74) is 0.843. The summed E-state index contributed by atoms with van der Waals surface area (Å²) < 4.78 is 0. The molecule has 3 heteroatoms. The van der Waals surface area contributed by atoms with Crippen LogP contribution < -0.4 is 0 Å². The molecule has 0 unspecified atom stereocenters. The number of hydrogen-bond acceptors (Lipinski definition) is 3. The Kier molecular flexibility index (Phi) is 6.99. The van der Waals surface area contributed by atoms with Crippen molar-refractivity contribution < 1.29 is 4.79 Å². The first-order chi connectivity index (χ1) is 14.3. The highest BCUT2D eigenvalue weighted by Crippen LogP contribution is 2.36. The van der Waals surface area contributed by atoms with Crippen molar-refractivity contribution in [3.05, 3.63) is 48.0 Å². The van der Waals surface area contributed by atoms with Crippen molar-refractivity contribution >= 4 is 17.1 Å². The number of likely N-dealkylation sites (tertiary alicyclic amines) is 2. The molecule has 0 saturated carbocycles. The van der Waals surface area contributed by atoms with Crippen LogP contribution in [0.1, 0.15) is 56.9 Å². The molecule has 0 atom stereocenters. The average molecular weight is 393 g/mol. The number of aldehydes is 1. The molecule has 2 saturated heterocycles. The lowest BCUT2D eigenvalue weighted by Gasteiger charge is -2.36. The summed E-state index contributed by atoms with van der Waals surface area (Å²) >= 11 is 0. The Bertz CT molecular complexity index is 763. The first-order valence-corrected chi connectivity index (χ1v) is 11.7. The quantitative estimate of drug-likeness (QED) is 0.589. The molecule has 0 amide bonds. The van der Waals surface area contributed by atoms with Crippen LogP contribution in [0.3, 0.4) is 0 Å². The minimum atomic E-state index is -0.393. The molecule has 0 bridgehead atoms. The van der Waals surface area contributed by atoms with Gasteiger partial charge in [-0.1, -0.05) is 55.3 Å². The summed E-state index contributed by atoms with van der Waals surface area (Å²) in [5, 5.41) is 2.49. The number of carbonyl (C=O) groups excluding carboxylic acids is 1. The van der Waals surface area contributed by atoms with Crippen molar-refractivity contribution in [1.82, 2.24) is 9.80 Å². The van der Waals surface area contributed by atoms with Crippen molar-refractivity contribution in [2.75, 3.05) is 39.3 Å². The van der Waals surface area contributed by atoms with E-state index in [0.29, 0.717) is 0 Å². The number of rotatable bonds is 8. The molecule has 0 radical (unpaired) electrons. The Hall–Kier alpha value is -1.71. The van der Waals surface area contributed by atoms with E-state index in [1.54, 1.807) is 0 Å². The highest BCUT2D eigenvalue weighted by atomic mass is 16.1. The second-order valence-corrected chi connectivity index (χ2v) is 9.11. The van der Waals surface area contributed by atoms with Crippen LogP contribution in [-0.4, -0.2) is 55.4 Å². The zero-order chi connectivity index (χ0) is 19.9. The van der Waals surface area contributed by atoms with Gasteiger partial charge in [0.1, 0.15) is 6.29 Å². The third-order valence-electron chi connectivity index (χ3n) is 7.20. The predicted octanol–water partition coefficient (Wildman–Crippen LogP) is 5.03. The summed E-state index contributed by atoms with van der Waals surface area (Å²) in [5.74, 6) is 0. The van der Waals surface area contributed by atoms with Crippen LogP contribution >= 0.6 is 0 Å². The molecule has 3 nitrogen and oxygen atoms in total. The minimum absolute atomic E-state index is 0.393. The van der Waals surface area contributed by atoms with E-state index in [4.69, 9.17) is 0 Å². The van der Waals surface area contributed by atoms with E-state index in [-0.39, 0.29) is 0 Å². The fourth-order valence-electron chi connectivity index (χ4n) is 5.32. The van der Waals surface area contributed by atoms with E-state index in [0.717, 1.165) is 25.9 Å². The van der Waals surface area contributed by atoms with Crippen LogP contribution in [0.4, 0.5) is 0 Å². The third-order valence-corrected chi connectivity index (χ3v) is 7.20. The molecule has 2 aromatic rings. The van der Waals surface area contributed by atoms with E-state index in [1.165, 1.54) is 87.3 Å². The molecule has 2 aliphatic rings. The van der Waals surface area contributed by atoms with Crippen LogP contribution in [0.2, 0.25) is 0 Å². The van der Waals surface area contributed by atoms with E-state index in [1.807, 2.05) is 0 Å². The molecule has 0 N–H and O–H groups in total. The third kappa shape index (κ3) is 4.90. The summed E-state index contributed by atoms with van der Waals surface area (Å²) in [6, 6.07) is 15.1. The van der Waals surface area contributed by atoms with Gasteiger partial charge in [0.2, 0.25) is 0 Å². The van der Waals surface area contributed by atoms with Crippen molar-refractivity contribution in [3.8, 4) is 0 Å². The molecular weight excluding hydrogens is 356 g/mol. The lowest BCUT2D eigenvalue weighted by atomic mass is 9.74. The van der Waals surface area contributed by atoms with Gasteiger partial charge in [0.15, 0.2) is 0 Å². The number of benzene rings is 2. The smallest absolute Gasteiger partial charge is 0.130 e. The molecule has 0 aromatic heterocycles. The van der Waals surface area contributed by atoms with E-state index in [9.17, 15) is 4.79 Å². The summed E-state index contributed by atoms with van der Waals surface area (Å²) in [6.45, 7) is 6.82. The monoisotopic (exact) mass is 392 g/mol. The molecule has 0 spiro atoms. The van der Waals surface area contributed by atoms with E-state index >= 15 is 0 Å². The lowest BCUT2D eigenvalue weighted by molar-refractivity contribution is -0.113. The van der Waals surface area contributed by atoms with Crippen LogP contribution in [0.15, 0.2) is 42.5 Å². The molecule has 0 aliphatic carbocycles. The molecule has 29 heavy (non-hydrogen) atoms. The van der Waals surface area contributed by atoms with Gasteiger partial charge in [-0.3, -0.25) is 0 Å². The van der Waals surface area contributed by atoms with Gasteiger partial charge >= 0.3 is 0 Å². The molecular formula is C26H36N2O. The molecule has 156 valence electrons. The van der Waals surface area contributed by atoms with Crippen molar-refractivity contribution in [1.29, 1.82) is 0 Å². The standard InChI is InChI=1S/C26H36N2O/c29-22-26(14-20-27-16-5-1-6-17-27,15-21-28-18-7-2-8-19-28)25-13-9-11-23-10-3-4-12-24(23)25/h3-4,9-13,22H,1-2,5-8,14-21H2. The van der Waals surface area contributed by atoms with Gasteiger partial charge in [-0.25, -0.2) is 0 Å². The van der Waals surface area contributed by atoms with Gasteiger partial charge in [-0.05, 0) is 94.1 Å². The fourth-order valence-corrected chi connectivity index (χ4v) is 5.32. The normalized spacial score (nSPS) is 19.4. The number of carbonyl (C=O) groups is 1. The number of fused-ring (bicyclic) bond motifs is 1. The largest absolute Gasteiger partial charge is 0.303 e. The van der Waals surface area contributed by atoms with Crippen LogP contribution in [0, 0.1) is 0 Å². The Labute approximate surface area is 176 Å². The Morgan fingerprint density at radius 1 is 0.724 bits per heavy atom. The van der Waals surface area contributed by atoms with Crippen LogP contribution in [0.25, 0.3) is 10.8 Å². The zero-order valence-electron chi connectivity index (χ0n) is 17.8. The van der Waals surface area contributed by atoms with Gasteiger partial charge in [0.25, 0.3) is 0 Å². The zero-order valence-corrected chi connectivity index (χ0v) is 17.8. The summed E-state index contributed by atoms with van der Waals surface area (Å²) in [7, 11) is 0. The summed E-state index contributed by atoms with van der Waals surface area (Å²) in [4.78, 5) is 17.9. The maximum absolute atomic E-state index is 12.8. The topological polar surface area (TPSA) is 23.6 Å². The molecule has 2 heterocycles. The number of hydrogen-bond donors (Lipinski definition) is 0. The van der Waals surface area contributed by atoms with E-state index < -0.39 is 5.41 Å². The van der Waals surface area contributed by atoms with Crippen LogP contribution in [0.5, 0.6) is 0 Å². The summed E-state index contributed by atoms with van der Waals surface area (Å²) in [6.07, 6.45) is 11.1. The Morgan fingerprint density at radius 2 is 1.28 bits per heavy atom.